The predicted octanol–water partition coefficient (Wildman–Crippen LogP) is 2.26. The smallest absolute Gasteiger partial charge is 0.214 e. The Morgan fingerprint density at radius 3 is 2.42 bits per heavy atom. The Morgan fingerprint density at radius 2 is 1.84 bits per heavy atom. The van der Waals surface area contributed by atoms with Crippen molar-refractivity contribution in [1.29, 1.82) is 0 Å². The number of sulfonamides is 1. The fourth-order valence-electron chi connectivity index (χ4n) is 2.46. The Balaban J connectivity index is 2.40. The number of unbranched alkanes of at least 4 members (excludes halogenated alkanes) is 2. The van der Waals surface area contributed by atoms with Crippen LogP contribution < -0.4 is 10.0 Å². The van der Waals surface area contributed by atoms with E-state index < -0.39 is 10.0 Å². The lowest BCUT2D eigenvalue weighted by Gasteiger charge is -2.28. The largest absolute Gasteiger partial charge is 0.317 e. The summed E-state index contributed by atoms with van der Waals surface area (Å²) in [4.78, 5) is 0. The molecule has 1 rings (SSSR count). The minimum absolute atomic E-state index is 0.0508. The van der Waals surface area contributed by atoms with Gasteiger partial charge in [0.2, 0.25) is 10.0 Å². The second-order valence-corrected chi connectivity index (χ2v) is 8.48. The van der Waals surface area contributed by atoms with Gasteiger partial charge in [0, 0.05) is 6.54 Å². The van der Waals surface area contributed by atoms with E-state index in [0.717, 1.165) is 32.4 Å². The summed E-state index contributed by atoms with van der Waals surface area (Å²) in [6, 6.07) is 0. The van der Waals surface area contributed by atoms with Crippen molar-refractivity contribution in [3.63, 3.8) is 0 Å². The van der Waals surface area contributed by atoms with E-state index in [1.165, 1.54) is 19.3 Å². The Labute approximate surface area is 118 Å². The summed E-state index contributed by atoms with van der Waals surface area (Å²) >= 11 is 0. The van der Waals surface area contributed by atoms with Crippen molar-refractivity contribution in [3.05, 3.63) is 0 Å². The summed E-state index contributed by atoms with van der Waals surface area (Å²) in [5.41, 5.74) is 0.0508. The first-order valence-electron chi connectivity index (χ1n) is 7.56. The van der Waals surface area contributed by atoms with Crippen molar-refractivity contribution < 1.29 is 8.42 Å². The molecule has 1 saturated heterocycles. The molecule has 0 aliphatic carbocycles. The van der Waals surface area contributed by atoms with Crippen LogP contribution in [0, 0.1) is 5.41 Å². The summed E-state index contributed by atoms with van der Waals surface area (Å²) in [6.45, 7) is 8.66. The Morgan fingerprint density at radius 1 is 1.21 bits per heavy atom. The molecule has 0 spiro atoms. The highest BCUT2D eigenvalue weighted by molar-refractivity contribution is 7.90. The predicted molar refractivity (Wildman–Crippen MR) is 80.7 cm³/mol. The summed E-state index contributed by atoms with van der Waals surface area (Å²) in [5, 5.41) is 2.99. The Bertz CT molecular complexity index is 346. The highest BCUT2D eigenvalue weighted by Crippen LogP contribution is 2.23. The van der Waals surface area contributed by atoms with Gasteiger partial charge >= 0.3 is 0 Å². The molecule has 2 N–H and O–H groups in total. The molecule has 0 radical (unpaired) electrons. The third-order valence-electron chi connectivity index (χ3n) is 3.93. The van der Waals surface area contributed by atoms with Crippen LogP contribution in [0.3, 0.4) is 0 Å². The van der Waals surface area contributed by atoms with Crippen molar-refractivity contribution in [2.24, 2.45) is 5.41 Å². The molecule has 1 heterocycles. The van der Waals surface area contributed by atoms with Crippen LogP contribution in [-0.4, -0.2) is 33.3 Å². The highest BCUT2D eigenvalue weighted by atomic mass is 32.2. The average Bonchev–Trinajstić information content (AvgIpc) is 2.38. The highest BCUT2D eigenvalue weighted by Gasteiger charge is 2.28. The second-order valence-electron chi connectivity index (χ2n) is 6.44. The zero-order valence-corrected chi connectivity index (χ0v) is 13.5. The SMILES string of the molecule is CCCCCC(C)(C)CNS(=O)(=O)C1CCNCC1. The van der Waals surface area contributed by atoms with Crippen molar-refractivity contribution in [2.45, 2.75) is 64.5 Å². The monoisotopic (exact) mass is 290 g/mol. The van der Waals surface area contributed by atoms with Crippen molar-refractivity contribution in [1.82, 2.24) is 10.0 Å². The lowest BCUT2D eigenvalue weighted by molar-refractivity contribution is 0.319. The molecule has 1 aliphatic heterocycles. The average molecular weight is 290 g/mol. The van der Waals surface area contributed by atoms with Crippen LogP contribution in [-0.2, 0) is 10.0 Å². The molecule has 0 aromatic heterocycles. The standard InChI is InChI=1S/C14H30N2O2S/c1-4-5-6-9-14(2,3)12-16-19(17,18)13-7-10-15-11-8-13/h13,15-16H,4-12H2,1-3H3. The lowest BCUT2D eigenvalue weighted by atomic mass is 9.87. The summed E-state index contributed by atoms with van der Waals surface area (Å²) < 4.78 is 27.3. The van der Waals surface area contributed by atoms with Gasteiger partial charge in [0.15, 0.2) is 0 Å². The lowest BCUT2D eigenvalue weighted by Crippen LogP contribution is -2.44. The molecule has 0 amide bonds. The molecule has 1 aliphatic rings. The van der Waals surface area contributed by atoms with Crippen LogP contribution in [0.4, 0.5) is 0 Å². The van der Waals surface area contributed by atoms with Crippen LogP contribution in [0.2, 0.25) is 0 Å². The zero-order valence-electron chi connectivity index (χ0n) is 12.7. The molecule has 0 atom stereocenters. The van der Waals surface area contributed by atoms with E-state index in [0.29, 0.717) is 6.54 Å². The maximum atomic E-state index is 12.2. The van der Waals surface area contributed by atoms with Crippen LogP contribution in [0.5, 0.6) is 0 Å². The Hall–Kier alpha value is -0.130. The first-order valence-corrected chi connectivity index (χ1v) is 9.11. The molecule has 1 fully saturated rings. The fourth-order valence-corrected chi connectivity index (χ4v) is 4.15. The topological polar surface area (TPSA) is 58.2 Å². The second kappa shape index (κ2) is 7.60. The van der Waals surface area contributed by atoms with Gasteiger partial charge in [0.05, 0.1) is 5.25 Å². The van der Waals surface area contributed by atoms with E-state index in [2.05, 4.69) is 30.8 Å². The van der Waals surface area contributed by atoms with Gasteiger partial charge in [-0.1, -0.05) is 40.0 Å². The number of rotatable bonds is 8. The summed E-state index contributed by atoms with van der Waals surface area (Å²) in [5.74, 6) is 0. The van der Waals surface area contributed by atoms with Crippen molar-refractivity contribution in [3.8, 4) is 0 Å². The zero-order chi connectivity index (χ0) is 14.4. The Kier molecular flexibility index (Phi) is 6.77. The van der Waals surface area contributed by atoms with Gasteiger partial charge in [0.25, 0.3) is 0 Å². The molecule has 19 heavy (non-hydrogen) atoms. The van der Waals surface area contributed by atoms with Crippen molar-refractivity contribution in [2.75, 3.05) is 19.6 Å². The van der Waals surface area contributed by atoms with Gasteiger partial charge in [-0.15, -0.1) is 0 Å². The molecule has 114 valence electrons. The number of hydrogen-bond donors (Lipinski definition) is 2. The molecular formula is C14H30N2O2S. The minimum Gasteiger partial charge on any atom is -0.317 e. The molecule has 0 saturated carbocycles. The van der Waals surface area contributed by atoms with E-state index in [1.807, 2.05) is 0 Å². The van der Waals surface area contributed by atoms with Gasteiger partial charge in [-0.2, -0.15) is 0 Å². The van der Waals surface area contributed by atoms with Crippen LogP contribution in [0.1, 0.15) is 59.3 Å². The quantitative estimate of drug-likeness (QED) is 0.674. The van der Waals surface area contributed by atoms with Crippen LogP contribution in [0.25, 0.3) is 0 Å². The van der Waals surface area contributed by atoms with E-state index in [9.17, 15) is 8.42 Å². The van der Waals surface area contributed by atoms with Gasteiger partial charge < -0.3 is 5.32 Å². The van der Waals surface area contributed by atoms with Crippen LogP contribution >= 0.6 is 0 Å². The van der Waals surface area contributed by atoms with E-state index in [-0.39, 0.29) is 10.7 Å². The molecule has 0 aromatic carbocycles. The normalized spacial score (nSPS) is 18.7. The van der Waals surface area contributed by atoms with Gasteiger partial charge in [-0.3, -0.25) is 0 Å². The molecule has 0 aromatic rings. The van der Waals surface area contributed by atoms with E-state index in [1.54, 1.807) is 0 Å². The van der Waals surface area contributed by atoms with E-state index >= 15 is 0 Å². The fraction of sp³-hybridized carbons (Fsp3) is 1.00. The first-order chi connectivity index (χ1) is 8.87. The van der Waals surface area contributed by atoms with Gasteiger partial charge in [0.1, 0.15) is 0 Å². The molecule has 4 nitrogen and oxygen atoms in total. The summed E-state index contributed by atoms with van der Waals surface area (Å²) in [7, 11) is -3.14. The van der Waals surface area contributed by atoms with Gasteiger partial charge in [-0.25, -0.2) is 13.1 Å². The third kappa shape index (κ3) is 6.23. The number of piperidine rings is 1. The maximum absolute atomic E-state index is 12.2. The molecular weight excluding hydrogens is 260 g/mol. The molecule has 0 unspecified atom stereocenters. The minimum atomic E-state index is -3.14. The maximum Gasteiger partial charge on any atom is 0.214 e. The third-order valence-corrected chi connectivity index (χ3v) is 5.83. The molecule has 5 heteroatoms. The van der Waals surface area contributed by atoms with Crippen molar-refractivity contribution >= 4 is 10.0 Å². The number of nitrogens with one attached hydrogen (secondary N) is 2. The van der Waals surface area contributed by atoms with E-state index in [4.69, 9.17) is 0 Å². The summed E-state index contributed by atoms with van der Waals surface area (Å²) in [6.07, 6.45) is 6.15. The number of hydrogen-bond acceptors (Lipinski definition) is 3. The molecule has 0 bridgehead atoms. The first kappa shape index (κ1) is 16.9. The van der Waals surface area contributed by atoms with Crippen LogP contribution in [0.15, 0.2) is 0 Å². The van der Waals surface area contributed by atoms with Gasteiger partial charge in [-0.05, 0) is 37.8 Å².